The number of para-hydroxylation sites is 2. The van der Waals surface area contributed by atoms with Crippen LogP contribution in [0.25, 0.3) is 0 Å². The van der Waals surface area contributed by atoms with Crippen LogP contribution in [0.15, 0.2) is 29.1 Å². The number of benzene rings is 1. The van der Waals surface area contributed by atoms with E-state index in [0.29, 0.717) is 18.9 Å². The van der Waals surface area contributed by atoms with Crippen molar-refractivity contribution in [3.8, 4) is 0 Å². The maximum Gasteiger partial charge on any atom is 0.341 e. The monoisotopic (exact) mass is 289 g/mol. The van der Waals surface area contributed by atoms with Gasteiger partial charge >= 0.3 is 5.69 Å². The molecule has 0 atom stereocenters. The number of nitrogens with zero attached hydrogens (tertiary/aromatic N) is 2. The lowest BCUT2D eigenvalue weighted by atomic mass is 10.2. The first-order valence-corrected chi connectivity index (χ1v) is 6.62. The van der Waals surface area contributed by atoms with Crippen LogP contribution in [0.4, 0.5) is 11.4 Å². The van der Waals surface area contributed by atoms with Crippen LogP contribution >= 0.6 is 0 Å². The first-order chi connectivity index (χ1) is 10.2. The number of ether oxygens (including phenoxy) is 1. The summed E-state index contributed by atoms with van der Waals surface area (Å²) in [6.07, 6.45) is 0. The van der Waals surface area contributed by atoms with Crippen LogP contribution in [-0.4, -0.2) is 47.4 Å². The second-order valence-electron chi connectivity index (χ2n) is 4.60. The van der Waals surface area contributed by atoms with E-state index in [1.165, 1.54) is 0 Å². The molecule has 2 aromatic rings. The lowest BCUT2D eigenvalue weighted by Crippen LogP contribution is -2.36. The Morgan fingerprint density at radius 2 is 2.05 bits per heavy atom. The zero-order valence-corrected chi connectivity index (χ0v) is 11.3. The number of rotatable bonds is 3. The molecule has 0 unspecified atom stereocenters. The molecule has 0 bridgehead atoms. The molecule has 1 aromatic carbocycles. The van der Waals surface area contributed by atoms with E-state index in [1.807, 2.05) is 24.3 Å². The average Bonchev–Trinajstić information content (AvgIpc) is 2.95. The number of hydrogen-bond acceptors (Lipinski definition) is 5. The smallest absolute Gasteiger partial charge is 0.341 e. The lowest BCUT2D eigenvalue weighted by Gasteiger charge is -2.30. The van der Waals surface area contributed by atoms with Gasteiger partial charge in [0, 0.05) is 13.1 Å². The lowest BCUT2D eigenvalue weighted by molar-refractivity contribution is 0.101. The number of anilines is 2. The molecule has 21 heavy (non-hydrogen) atoms. The van der Waals surface area contributed by atoms with Crippen molar-refractivity contribution in [1.29, 1.82) is 0 Å². The average molecular weight is 289 g/mol. The van der Waals surface area contributed by atoms with Gasteiger partial charge in [0.2, 0.25) is 5.82 Å². The number of amides is 1. The summed E-state index contributed by atoms with van der Waals surface area (Å²) in [6, 6.07) is 7.51. The van der Waals surface area contributed by atoms with Crippen LogP contribution in [0, 0.1) is 0 Å². The maximum atomic E-state index is 12.1. The summed E-state index contributed by atoms with van der Waals surface area (Å²) in [7, 11) is 0. The first kappa shape index (κ1) is 13.4. The summed E-state index contributed by atoms with van der Waals surface area (Å²) in [5.41, 5.74) is 1.09. The van der Waals surface area contributed by atoms with Gasteiger partial charge in [0.05, 0.1) is 24.6 Å². The van der Waals surface area contributed by atoms with Crippen molar-refractivity contribution in [2.45, 2.75) is 0 Å². The number of H-pyrrole nitrogens is 2. The number of morpholine rings is 1. The number of hydrogen-bond donors (Lipinski definition) is 3. The normalized spacial score (nSPS) is 15.0. The van der Waals surface area contributed by atoms with E-state index < -0.39 is 11.6 Å². The molecule has 0 aliphatic carbocycles. The van der Waals surface area contributed by atoms with Gasteiger partial charge in [0.15, 0.2) is 0 Å². The molecule has 0 spiro atoms. The van der Waals surface area contributed by atoms with Crippen molar-refractivity contribution in [1.82, 2.24) is 15.2 Å². The molecule has 1 aliphatic rings. The molecule has 8 heteroatoms. The van der Waals surface area contributed by atoms with E-state index in [1.54, 1.807) is 0 Å². The van der Waals surface area contributed by atoms with Crippen LogP contribution in [0.2, 0.25) is 0 Å². The predicted octanol–water partition coefficient (Wildman–Crippen LogP) is 0.187. The molecule has 1 amide bonds. The van der Waals surface area contributed by atoms with Gasteiger partial charge in [0.1, 0.15) is 0 Å². The molecule has 1 saturated heterocycles. The molecular formula is C13H15N5O3. The van der Waals surface area contributed by atoms with Crippen molar-refractivity contribution in [3.05, 3.63) is 40.6 Å². The number of carbonyl (C=O) groups is 1. The van der Waals surface area contributed by atoms with Crippen molar-refractivity contribution in [2.24, 2.45) is 0 Å². The fourth-order valence-electron chi connectivity index (χ4n) is 2.22. The van der Waals surface area contributed by atoms with Gasteiger partial charge in [-0.15, -0.1) is 5.10 Å². The highest BCUT2D eigenvalue weighted by Crippen LogP contribution is 2.26. The zero-order valence-electron chi connectivity index (χ0n) is 11.3. The predicted molar refractivity (Wildman–Crippen MR) is 76.6 cm³/mol. The Morgan fingerprint density at radius 1 is 1.29 bits per heavy atom. The molecule has 3 N–H and O–H groups in total. The highest BCUT2D eigenvalue weighted by molar-refractivity contribution is 6.03. The Kier molecular flexibility index (Phi) is 3.69. The molecule has 2 heterocycles. The topological polar surface area (TPSA) is 103 Å². The highest BCUT2D eigenvalue weighted by atomic mass is 16.5. The fourth-order valence-corrected chi connectivity index (χ4v) is 2.22. The third-order valence-corrected chi connectivity index (χ3v) is 3.22. The van der Waals surface area contributed by atoms with Gasteiger partial charge in [0.25, 0.3) is 5.91 Å². The Labute approximate surface area is 120 Å². The highest BCUT2D eigenvalue weighted by Gasteiger charge is 2.17. The molecule has 3 rings (SSSR count). The van der Waals surface area contributed by atoms with Crippen LogP contribution in [0.3, 0.4) is 0 Å². The standard InChI is InChI=1S/C13H15N5O3/c19-12(11-15-13(20)17-16-11)14-9-3-1-2-4-10(9)18-5-7-21-8-6-18/h1-4H,5-8H2,(H,14,19)(H2,15,16,17,20). The van der Waals surface area contributed by atoms with E-state index in [0.717, 1.165) is 18.8 Å². The van der Waals surface area contributed by atoms with Gasteiger partial charge < -0.3 is 15.0 Å². The summed E-state index contributed by atoms with van der Waals surface area (Å²) >= 11 is 0. The number of aromatic nitrogens is 3. The van der Waals surface area contributed by atoms with Crippen LogP contribution in [0.5, 0.6) is 0 Å². The molecule has 0 saturated carbocycles. The minimum absolute atomic E-state index is 0.0446. The molecule has 1 aromatic heterocycles. The van der Waals surface area contributed by atoms with Gasteiger partial charge in [-0.2, -0.15) is 0 Å². The Balaban J connectivity index is 1.81. The molecule has 0 radical (unpaired) electrons. The zero-order chi connectivity index (χ0) is 14.7. The Hall–Kier alpha value is -2.61. The second-order valence-corrected chi connectivity index (χ2v) is 4.60. The third-order valence-electron chi connectivity index (χ3n) is 3.22. The number of nitrogens with one attached hydrogen (secondary N) is 3. The van der Waals surface area contributed by atoms with Crippen molar-refractivity contribution < 1.29 is 9.53 Å². The third kappa shape index (κ3) is 2.95. The molecular weight excluding hydrogens is 274 g/mol. The minimum atomic E-state index is -0.512. The fraction of sp³-hybridized carbons (Fsp3) is 0.308. The summed E-state index contributed by atoms with van der Waals surface area (Å²) < 4.78 is 5.33. The molecule has 1 fully saturated rings. The summed E-state index contributed by atoms with van der Waals surface area (Å²) in [5.74, 6) is -0.508. The van der Waals surface area contributed by atoms with E-state index in [9.17, 15) is 9.59 Å². The Bertz CT molecular complexity index is 687. The van der Waals surface area contributed by atoms with Crippen molar-refractivity contribution in [2.75, 3.05) is 36.5 Å². The quantitative estimate of drug-likeness (QED) is 0.748. The molecule has 8 nitrogen and oxygen atoms in total. The van der Waals surface area contributed by atoms with Crippen molar-refractivity contribution in [3.63, 3.8) is 0 Å². The second kappa shape index (κ2) is 5.80. The molecule has 1 aliphatic heterocycles. The van der Waals surface area contributed by atoms with Gasteiger partial charge in [-0.25, -0.2) is 9.89 Å². The Morgan fingerprint density at radius 3 is 2.76 bits per heavy atom. The van der Waals surface area contributed by atoms with Gasteiger partial charge in [-0.05, 0) is 12.1 Å². The summed E-state index contributed by atoms with van der Waals surface area (Å²) in [6.45, 7) is 2.86. The minimum Gasteiger partial charge on any atom is -0.378 e. The van der Waals surface area contributed by atoms with Gasteiger partial charge in [-0.1, -0.05) is 12.1 Å². The van der Waals surface area contributed by atoms with E-state index in [-0.39, 0.29) is 5.82 Å². The summed E-state index contributed by atoms with van der Waals surface area (Å²) in [4.78, 5) is 27.5. The summed E-state index contributed by atoms with van der Waals surface area (Å²) in [5, 5.41) is 8.54. The van der Waals surface area contributed by atoms with E-state index in [2.05, 4.69) is 25.4 Å². The van der Waals surface area contributed by atoms with Gasteiger partial charge in [-0.3, -0.25) is 9.78 Å². The number of carbonyl (C=O) groups excluding carboxylic acids is 1. The van der Waals surface area contributed by atoms with Crippen molar-refractivity contribution >= 4 is 17.3 Å². The van der Waals surface area contributed by atoms with Crippen LogP contribution < -0.4 is 15.9 Å². The SMILES string of the molecule is O=C(Nc1ccccc1N1CCOCC1)c1n[nH]c(=O)[nH]1. The van der Waals surface area contributed by atoms with Crippen LogP contribution in [-0.2, 0) is 4.74 Å². The largest absolute Gasteiger partial charge is 0.378 e. The van der Waals surface area contributed by atoms with E-state index in [4.69, 9.17) is 4.74 Å². The maximum absolute atomic E-state index is 12.1. The molecule has 110 valence electrons. The number of aromatic amines is 2. The first-order valence-electron chi connectivity index (χ1n) is 6.62. The van der Waals surface area contributed by atoms with Crippen LogP contribution in [0.1, 0.15) is 10.6 Å². The van der Waals surface area contributed by atoms with E-state index >= 15 is 0 Å².